The monoisotopic (exact) mass is 281 g/mol. The van der Waals surface area contributed by atoms with E-state index in [0.717, 1.165) is 6.42 Å². The van der Waals surface area contributed by atoms with Gasteiger partial charge in [0.15, 0.2) is 0 Å². The number of hydrogen-bond donors (Lipinski definition) is 0. The van der Waals surface area contributed by atoms with Crippen LogP contribution in [0.3, 0.4) is 0 Å². The van der Waals surface area contributed by atoms with Gasteiger partial charge in [0.1, 0.15) is 6.04 Å². The molecule has 19 heavy (non-hydrogen) atoms. The maximum atomic E-state index is 12.4. The van der Waals surface area contributed by atoms with E-state index in [1.807, 2.05) is 6.92 Å². The van der Waals surface area contributed by atoms with Gasteiger partial charge in [0, 0.05) is 6.54 Å². The number of carbonyl (C=O) groups is 2. The summed E-state index contributed by atoms with van der Waals surface area (Å²) in [6, 6.07) is -1.10. The highest BCUT2D eigenvalue weighted by atomic mass is 19.4. The third-order valence-electron chi connectivity index (χ3n) is 3.04. The van der Waals surface area contributed by atoms with Crippen LogP contribution in [0.1, 0.15) is 39.5 Å². The lowest BCUT2D eigenvalue weighted by atomic mass is 10.2. The standard InChI is InChI=1S/C12H18F3NO3/c1-3-5-8(2)19-10(17)9-6-4-7-16(9)11(18)12(13,14)15/h8-9H,3-7H2,1-2H3. The van der Waals surface area contributed by atoms with Crippen LogP contribution in [0, 0.1) is 0 Å². The molecule has 2 atom stereocenters. The van der Waals surface area contributed by atoms with Crippen LogP contribution < -0.4 is 0 Å². The van der Waals surface area contributed by atoms with Crippen molar-refractivity contribution in [2.45, 2.75) is 57.9 Å². The third-order valence-corrected chi connectivity index (χ3v) is 3.04. The lowest BCUT2D eigenvalue weighted by Crippen LogP contribution is -2.47. The van der Waals surface area contributed by atoms with Gasteiger partial charge in [-0.05, 0) is 26.2 Å². The number of ether oxygens (including phenoxy) is 1. The lowest BCUT2D eigenvalue weighted by molar-refractivity contribution is -0.189. The van der Waals surface area contributed by atoms with E-state index < -0.39 is 24.1 Å². The zero-order valence-corrected chi connectivity index (χ0v) is 11.0. The van der Waals surface area contributed by atoms with Gasteiger partial charge in [0.05, 0.1) is 6.10 Å². The average Bonchev–Trinajstić information content (AvgIpc) is 2.75. The molecule has 0 aromatic heterocycles. The average molecular weight is 281 g/mol. The molecule has 1 fully saturated rings. The number of carbonyl (C=O) groups excluding carboxylic acids is 2. The fraction of sp³-hybridized carbons (Fsp3) is 0.833. The van der Waals surface area contributed by atoms with Crippen molar-refractivity contribution in [1.29, 1.82) is 0 Å². The number of esters is 1. The Morgan fingerprint density at radius 1 is 1.42 bits per heavy atom. The molecule has 1 heterocycles. The van der Waals surface area contributed by atoms with Crippen molar-refractivity contribution in [3.8, 4) is 0 Å². The number of alkyl halides is 3. The smallest absolute Gasteiger partial charge is 0.461 e. The predicted octanol–water partition coefficient (Wildman–Crippen LogP) is 2.27. The molecule has 0 saturated carbocycles. The van der Waals surface area contributed by atoms with Gasteiger partial charge < -0.3 is 9.64 Å². The zero-order chi connectivity index (χ0) is 14.6. The van der Waals surface area contributed by atoms with Crippen molar-refractivity contribution in [3.63, 3.8) is 0 Å². The minimum atomic E-state index is -4.95. The summed E-state index contributed by atoms with van der Waals surface area (Å²) in [7, 11) is 0. The topological polar surface area (TPSA) is 46.6 Å². The van der Waals surface area contributed by atoms with Crippen molar-refractivity contribution in [2.24, 2.45) is 0 Å². The molecule has 0 aliphatic carbocycles. The molecule has 1 amide bonds. The maximum absolute atomic E-state index is 12.4. The molecule has 1 aliphatic rings. The summed E-state index contributed by atoms with van der Waals surface area (Å²) in [5.74, 6) is -2.70. The fourth-order valence-electron chi connectivity index (χ4n) is 2.16. The van der Waals surface area contributed by atoms with Gasteiger partial charge in [-0.3, -0.25) is 4.79 Å². The minimum absolute atomic E-state index is 0.0553. The molecule has 0 aromatic carbocycles. The van der Waals surface area contributed by atoms with Crippen molar-refractivity contribution in [3.05, 3.63) is 0 Å². The van der Waals surface area contributed by atoms with Gasteiger partial charge in [-0.25, -0.2) is 4.79 Å². The summed E-state index contributed by atoms with van der Waals surface area (Å²) >= 11 is 0. The van der Waals surface area contributed by atoms with Crippen LogP contribution in [0.4, 0.5) is 13.2 Å². The summed E-state index contributed by atoms with van der Waals surface area (Å²) in [6.45, 7) is 3.55. The summed E-state index contributed by atoms with van der Waals surface area (Å²) in [4.78, 5) is 23.5. The largest absolute Gasteiger partial charge is 0.471 e. The second-order valence-corrected chi connectivity index (χ2v) is 4.69. The zero-order valence-electron chi connectivity index (χ0n) is 11.0. The second-order valence-electron chi connectivity index (χ2n) is 4.69. The Morgan fingerprint density at radius 3 is 2.58 bits per heavy atom. The van der Waals surface area contributed by atoms with Gasteiger partial charge in [0.2, 0.25) is 0 Å². The molecule has 4 nitrogen and oxygen atoms in total. The van der Waals surface area contributed by atoms with Crippen molar-refractivity contribution in [2.75, 3.05) is 6.54 Å². The Balaban J connectivity index is 2.66. The third kappa shape index (κ3) is 4.11. The molecule has 0 radical (unpaired) electrons. The first-order chi connectivity index (χ1) is 8.77. The SMILES string of the molecule is CCCC(C)OC(=O)C1CCCN1C(=O)C(F)(F)F. The van der Waals surface area contributed by atoms with Crippen molar-refractivity contribution in [1.82, 2.24) is 4.90 Å². The quantitative estimate of drug-likeness (QED) is 0.743. The predicted molar refractivity (Wildman–Crippen MR) is 61.3 cm³/mol. The van der Waals surface area contributed by atoms with Crippen molar-refractivity contribution >= 4 is 11.9 Å². The molecule has 0 spiro atoms. The van der Waals surface area contributed by atoms with E-state index in [9.17, 15) is 22.8 Å². The van der Waals surface area contributed by atoms with Gasteiger partial charge in [0.25, 0.3) is 0 Å². The number of nitrogens with zero attached hydrogens (tertiary/aromatic N) is 1. The van der Waals surface area contributed by atoms with Crippen LogP contribution in [0.15, 0.2) is 0 Å². The highest BCUT2D eigenvalue weighted by Crippen LogP contribution is 2.26. The van der Waals surface area contributed by atoms with E-state index in [-0.39, 0.29) is 19.1 Å². The summed E-state index contributed by atoms with van der Waals surface area (Å²) in [5, 5.41) is 0. The Hall–Kier alpha value is -1.27. The molecule has 0 bridgehead atoms. The van der Waals surface area contributed by atoms with Crippen LogP contribution in [0.2, 0.25) is 0 Å². The molecule has 1 saturated heterocycles. The van der Waals surface area contributed by atoms with Crippen LogP contribution >= 0.6 is 0 Å². The van der Waals surface area contributed by atoms with E-state index in [1.165, 1.54) is 0 Å². The number of rotatable bonds is 4. The van der Waals surface area contributed by atoms with Crippen LogP contribution in [0.5, 0.6) is 0 Å². The van der Waals surface area contributed by atoms with Gasteiger partial charge in [-0.1, -0.05) is 13.3 Å². The Bertz CT molecular complexity index is 344. The number of amides is 1. The normalized spacial score (nSPS) is 21.3. The number of hydrogen-bond acceptors (Lipinski definition) is 3. The summed E-state index contributed by atoms with van der Waals surface area (Å²) in [5.41, 5.74) is 0. The first-order valence-corrected chi connectivity index (χ1v) is 6.35. The number of likely N-dealkylation sites (tertiary alicyclic amines) is 1. The van der Waals surface area contributed by atoms with E-state index in [1.54, 1.807) is 6.92 Å². The molecular formula is C12H18F3NO3. The van der Waals surface area contributed by atoms with Crippen LogP contribution in [0.25, 0.3) is 0 Å². The van der Waals surface area contributed by atoms with Crippen LogP contribution in [-0.4, -0.2) is 41.6 Å². The van der Waals surface area contributed by atoms with E-state index in [4.69, 9.17) is 4.74 Å². The Morgan fingerprint density at radius 2 is 2.05 bits per heavy atom. The molecular weight excluding hydrogens is 263 g/mol. The lowest BCUT2D eigenvalue weighted by Gasteiger charge is -2.25. The molecule has 7 heteroatoms. The maximum Gasteiger partial charge on any atom is 0.471 e. The van der Waals surface area contributed by atoms with Gasteiger partial charge in [-0.15, -0.1) is 0 Å². The summed E-state index contributed by atoms with van der Waals surface area (Å²) < 4.78 is 42.2. The van der Waals surface area contributed by atoms with Crippen molar-refractivity contribution < 1.29 is 27.5 Å². The molecule has 0 N–H and O–H groups in total. The first-order valence-electron chi connectivity index (χ1n) is 6.35. The van der Waals surface area contributed by atoms with Crippen LogP contribution in [-0.2, 0) is 14.3 Å². The second kappa shape index (κ2) is 6.25. The van der Waals surface area contributed by atoms with E-state index in [2.05, 4.69) is 0 Å². The molecule has 1 rings (SSSR count). The molecule has 110 valence electrons. The number of halogens is 3. The van der Waals surface area contributed by atoms with Gasteiger partial charge >= 0.3 is 18.1 Å². The summed E-state index contributed by atoms with van der Waals surface area (Å²) in [6.07, 6.45) is -3.24. The molecule has 0 aromatic rings. The van der Waals surface area contributed by atoms with Gasteiger partial charge in [-0.2, -0.15) is 13.2 Å². The Labute approximate surface area is 109 Å². The molecule has 1 aliphatic heterocycles. The fourth-order valence-corrected chi connectivity index (χ4v) is 2.16. The highest BCUT2D eigenvalue weighted by molar-refractivity contribution is 5.88. The Kier molecular flexibility index (Phi) is 5.20. The van der Waals surface area contributed by atoms with E-state index in [0.29, 0.717) is 17.7 Å². The first kappa shape index (κ1) is 15.8. The minimum Gasteiger partial charge on any atom is -0.461 e. The highest BCUT2D eigenvalue weighted by Gasteiger charge is 2.48. The molecule has 2 unspecified atom stereocenters. The van der Waals surface area contributed by atoms with E-state index >= 15 is 0 Å².